The van der Waals surface area contributed by atoms with Gasteiger partial charge in [-0.05, 0) is 78.4 Å². The lowest BCUT2D eigenvalue weighted by atomic mass is 9.77. The van der Waals surface area contributed by atoms with E-state index in [1.165, 1.54) is 19.2 Å². The Balaban J connectivity index is 1.49. The number of anilines is 2. The van der Waals surface area contributed by atoms with Crippen molar-refractivity contribution in [1.82, 2.24) is 0 Å². The molecule has 1 heterocycles. The van der Waals surface area contributed by atoms with Crippen molar-refractivity contribution >= 4 is 21.4 Å². The van der Waals surface area contributed by atoms with E-state index >= 15 is 0 Å². The van der Waals surface area contributed by atoms with Gasteiger partial charge in [-0.15, -0.1) is 0 Å². The number of sulfonamides is 1. The molecule has 0 saturated carbocycles. The Morgan fingerprint density at radius 3 is 2.61 bits per heavy atom. The molecule has 0 saturated heterocycles. The van der Waals surface area contributed by atoms with Gasteiger partial charge < -0.3 is 10.1 Å². The number of allylic oxidation sites excluding steroid dienone is 2. The minimum absolute atomic E-state index is 0.0234. The molecule has 0 amide bonds. The summed E-state index contributed by atoms with van der Waals surface area (Å²) in [7, 11) is -2.31. The number of hydrogen-bond donors (Lipinski definition) is 2. The third kappa shape index (κ3) is 3.97. The zero-order valence-electron chi connectivity index (χ0n) is 18.4. The Kier molecular flexibility index (Phi) is 5.37. The van der Waals surface area contributed by atoms with Crippen molar-refractivity contribution in [1.29, 1.82) is 0 Å². The standard InChI is InChI=1S/C26H25FN2O3S/c1-16-6-13-25(32-2)24(14-16)29-33(30,31)19-11-12-23-22(15-19)20-4-3-5-21(20)26(28-23)17-7-9-18(27)10-8-17/h3-4,6-15,20-21,26,28-29H,5H2,1-2H3/t20-,21+,26+/m0/s1. The number of rotatable bonds is 5. The van der Waals surface area contributed by atoms with Crippen LogP contribution in [0.1, 0.15) is 35.1 Å². The molecular formula is C26H25FN2O3S. The lowest BCUT2D eigenvalue weighted by molar-refractivity contribution is 0.417. The summed E-state index contributed by atoms with van der Waals surface area (Å²) in [6.07, 6.45) is 5.16. The van der Waals surface area contributed by atoms with Gasteiger partial charge in [-0.25, -0.2) is 12.8 Å². The number of methoxy groups -OCH3 is 1. The van der Waals surface area contributed by atoms with Crippen LogP contribution in [0.4, 0.5) is 15.8 Å². The van der Waals surface area contributed by atoms with Gasteiger partial charge in [-0.2, -0.15) is 0 Å². The highest BCUT2D eigenvalue weighted by Gasteiger charge is 2.38. The van der Waals surface area contributed by atoms with Crippen LogP contribution in [0.3, 0.4) is 0 Å². The third-order valence-electron chi connectivity index (χ3n) is 6.47. The third-order valence-corrected chi connectivity index (χ3v) is 7.84. The maximum absolute atomic E-state index is 13.4. The van der Waals surface area contributed by atoms with Gasteiger partial charge in [0.15, 0.2) is 0 Å². The van der Waals surface area contributed by atoms with E-state index in [1.807, 2.05) is 31.2 Å². The maximum Gasteiger partial charge on any atom is 0.262 e. The second-order valence-electron chi connectivity index (χ2n) is 8.59. The number of fused-ring (bicyclic) bond motifs is 3. The lowest BCUT2D eigenvalue weighted by Crippen LogP contribution is -2.29. The normalized spacial score (nSPS) is 21.1. The topological polar surface area (TPSA) is 67.4 Å². The molecule has 170 valence electrons. The van der Waals surface area contributed by atoms with Crippen LogP contribution in [-0.2, 0) is 10.0 Å². The summed E-state index contributed by atoms with van der Waals surface area (Å²) >= 11 is 0. The van der Waals surface area contributed by atoms with Crippen molar-refractivity contribution in [3.8, 4) is 5.75 Å². The predicted molar refractivity (Wildman–Crippen MR) is 128 cm³/mol. The van der Waals surface area contributed by atoms with Crippen LogP contribution in [0, 0.1) is 18.7 Å². The highest BCUT2D eigenvalue weighted by atomic mass is 32.2. The van der Waals surface area contributed by atoms with Gasteiger partial charge in [0.05, 0.1) is 23.7 Å². The molecule has 0 spiro atoms. The monoisotopic (exact) mass is 464 g/mol. The van der Waals surface area contributed by atoms with Crippen LogP contribution >= 0.6 is 0 Å². The summed E-state index contributed by atoms with van der Waals surface area (Å²) in [5, 5.41) is 3.56. The fourth-order valence-corrected chi connectivity index (χ4v) is 5.94. The van der Waals surface area contributed by atoms with E-state index in [4.69, 9.17) is 4.74 Å². The molecule has 0 fully saturated rings. The Hall–Kier alpha value is -3.32. The number of aryl methyl sites for hydroxylation is 1. The molecule has 2 aliphatic rings. The fraction of sp³-hybridized carbons (Fsp3) is 0.231. The van der Waals surface area contributed by atoms with Crippen LogP contribution in [0.2, 0.25) is 0 Å². The van der Waals surface area contributed by atoms with Crippen molar-refractivity contribution in [2.24, 2.45) is 5.92 Å². The van der Waals surface area contributed by atoms with E-state index in [0.29, 0.717) is 11.4 Å². The molecule has 0 aromatic heterocycles. The van der Waals surface area contributed by atoms with E-state index in [0.717, 1.165) is 28.8 Å². The van der Waals surface area contributed by atoms with Crippen LogP contribution in [0.5, 0.6) is 5.75 Å². The summed E-state index contributed by atoms with van der Waals surface area (Å²) in [6.45, 7) is 1.89. The van der Waals surface area contributed by atoms with Gasteiger partial charge >= 0.3 is 0 Å². The molecule has 1 aliphatic heterocycles. The molecule has 5 nitrogen and oxygen atoms in total. The van der Waals surface area contributed by atoms with E-state index in [2.05, 4.69) is 22.2 Å². The first-order chi connectivity index (χ1) is 15.9. The average Bonchev–Trinajstić information content (AvgIpc) is 3.29. The molecular weight excluding hydrogens is 439 g/mol. The SMILES string of the molecule is COc1ccc(C)cc1NS(=O)(=O)c1ccc2c(c1)[C@H]1C=CC[C@H]1[C@@H](c1ccc(F)cc1)N2. The lowest BCUT2D eigenvalue weighted by Gasteiger charge is -2.37. The Morgan fingerprint density at radius 1 is 1.06 bits per heavy atom. The van der Waals surface area contributed by atoms with E-state index in [9.17, 15) is 12.8 Å². The van der Waals surface area contributed by atoms with Gasteiger partial charge in [-0.1, -0.05) is 30.4 Å². The number of nitrogens with one attached hydrogen (secondary N) is 2. The molecule has 2 N–H and O–H groups in total. The maximum atomic E-state index is 13.4. The van der Waals surface area contributed by atoms with Gasteiger partial charge in [0.1, 0.15) is 11.6 Å². The molecule has 0 unspecified atom stereocenters. The second kappa shape index (κ2) is 8.23. The Morgan fingerprint density at radius 2 is 1.85 bits per heavy atom. The van der Waals surface area contributed by atoms with Gasteiger partial charge in [0.2, 0.25) is 0 Å². The summed E-state index contributed by atoms with van der Waals surface area (Å²) in [5.41, 5.74) is 4.19. The predicted octanol–water partition coefficient (Wildman–Crippen LogP) is 5.77. The first kappa shape index (κ1) is 21.5. The highest BCUT2D eigenvalue weighted by molar-refractivity contribution is 7.92. The van der Waals surface area contributed by atoms with Gasteiger partial charge in [0, 0.05) is 11.6 Å². The minimum atomic E-state index is -3.82. The van der Waals surface area contributed by atoms with Crippen LogP contribution in [-0.4, -0.2) is 15.5 Å². The fourth-order valence-electron chi connectivity index (χ4n) is 4.85. The smallest absolute Gasteiger partial charge is 0.262 e. The van der Waals surface area contributed by atoms with Gasteiger partial charge in [0.25, 0.3) is 10.0 Å². The molecule has 3 aromatic carbocycles. The van der Waals surface area contributed by atoms with E-state index < -0.39 is 10.0 Å². The summed E-state index contributed by atoms with van der Waals surface area (Å²) < 4.78 is 47.9. The number of benzene rings is 3. The molecule has 0 bridgehead atoms. The molecule has 7 heteroatoms. The molecule has 3 aromatic rings. The number of ether oxygens (including phenoxy) is 1. The summed E-state index contributed by atoms with van der Waals surface area (Å²) in [5.74, 6) is 0.513. The van der Waals surface area contributed by atoms with Crippen LogP contribution < -0.4 is 14.8 Å². The minimum Gasteiger partial charge on any atom is -0.495 e. The van der Waals surface area contributed by atoms with Crippen LogP contribution in [0.25, 0.3) is 0 Å². The van der Waals surface area contributed by atoms with Crippen molar-refractivity contribution in [3.05, 3.63) is 95.3 Å². The van der Waals surface area contributed by atoms with Crippen LogP contribution in [0.15, 0.2) is 77.7 Å². The molecule has 5 rings (SSSR count). The van der Waals surface area contributed by atoms with Gasteiger partial charge in [-0.3, -0.25) is 4.72 Å². The number of halogens is 1. The molecule has 1 aliphatic carbocycles. The first-order valence-electron chi connectivity index (χ1n) is 10.9. The second-order valence-corrected chi connectivity index (χ2v) is 10.3. The average molecular weight is 465 g/mol. The summed E-state index contributed by atoms with van der Waals surface area (Å²) in [6, 6.07) is 17.1. The largest absolute Gasteiger partial charge is 0.495 e. The first-order valence-corrected chi connectivity index (χ1v) is 12.3. The van der Waals surface area contributed by atoms with Crippen molar-refractivity contribution < 1.29 is 17.5 Å². The Bertz CT molecular complexity index is 1340. The quantitative estimate of drug-likeness (QED) is 0.471. The zero-order chi connectivity index (χ0) is 23.2. The highest BCUT2D eigenvalue weighted by Crippen LogP contribution is 2.50. The number of hydrogen-bond acceptors (Lipinski definition) is 4. The Labute approximate surface area is 193 Å². The zero-order valence-corrected chi connectivity index (χ0v) is 19.2. The molecule has 3 atom stereocenters. The van der Waals surface area contributed by atoms with Crippen molar-refractivity contribution in [3.63, 3.8) is 0 Å². The van der Waals surface area contributed by atoms with Crippen molar-refractivity contribution in [2.75, 3.05) is 17.1 Å². The summed E-state index contributed by atoms with van der Waals surface area (Å²) in [4.78, 5) is 0.200. The molecule has 33 heavy (non-hydrogen) atoms. The van der Waals surface area contributed by atoms with E-state index in [1.54, 1.807) is 24.3 Å². The van der Waals surface area contributed by atoms with Crippen molar-refractivity contribution in [2.45, 2.75) is 30.2 Å². The molecule has 0 radical (unpaired) electrons. The van der Waals surface area contributed by atoms with E-state index in [-0.39, 0.29) is 28.6 Å².